The van der Waals surface area contributed by atoms with Crippen LogP contribution in [0.5, 0.6) is 0 Å². The lowest BCUT2D eigenvalue weighted by Crippen LogP contribution is -2.30. The lowest BCUT2D eigenvalue weighted by Gasteiger charge is -2.27. The van der Waals surface area contributed by atoms with Gasteiger partial charge < -0.3 is 10.4 Å². The summed E-state index contributed by atoms with van der Waals surface area (Å²) in [6, 6.07) is 14.2. The van der Waals surface area contributed by atoms with Crippen molar-refractivity contribution in [1.29, 1.82) is 0 Å². The summed E-state index contributed by atoms with van der Waals surface area (Å²) < 4.78 is 14.5. The maximum absolute atomic E-state index is 14.5. The van der Waals surface area contributed by atoms with Crippen LogP contribution in [0.25, 0.3) is 0 Å². The van der Waals surface area contributed by atoms with Gasteiger partial charge in [0.1, 0.15) is 11.7 Å². The van der Waals surface area contributed by atoms with Gasteiger partial charge in [-0.2, -0.15) is 0 Å². The van der Waals surface area contributed by atoms with Gasteiger partial charge in [0.25, 0.3) is 5.91 Å². The number of hydrogen-bond acceptors (Lipinski definition) is 5. The molecule has 2 amide bonds. The van der Waals surface area contributed by atoms with E-state index in [1.807, 2.05) is 0 Å². The first-order valence-electron chi connectivity index (χ1n) is 11.0. The van der Waals surface area contributed by atoms with Crippen molar-refractivity contribution in [1.82, 2.24) is 0 Å². The zero-order valence-electron chi connectivity index (χ0n) is 19.2. The van der Waals surface area contributed by atoms with Crippen LogP contribution < -0.4 is 10.2 Å². The summed E-state index contributed by atoms with van der Waals surface area (Å²) in [5.41, 5.74) is 0.530. The molecule has 0 spiro atoms. The van der Waals surface area contributed by atoms with Gasteiger partial charge in [0.2, 0.25) is 11.7 Å². The summed E-state index contributed by atoms with van der Waals surface area (Å²) in [7, 11) is 0. The predicted molar refractivity (Wildman–Crippen MR) is 138 cm³/mol. The van der Waals surface area contributed by atoms with E-state index >= 15 is 0 Å². The zero-order valence-corrected chi connectivity index (χ0v) is 20.7. The van der Waals surface area contributed by atoms with E-state index in [0.29, 0.717) is 6.08 Å². The maximum Gasteiger partial charge on any atom is 0.328 e. The second-order valence-electron chi connectivity index (χ2n) is 8.22. The predicted octanol–water partition coefficient (Wildman–Crippen LogP) is 4.87. The van der Waals surface area contributed by atoms with Crippen molar-refractivity contribution in [3.8, 4) is 0 Å². The number of carbonyl (C=O) groups excluding carboxylic acids is 4. The van der Waals surface area contributed by atoms with Crippen LogP contribution in [0.1, 0.15) is 22.0 Å². The summed E-state index contributed by atoms with van der Waals surface area (Å²) >= 11 is 11.9. The van der Waals surface area contributed by atoms with Crippen LogP contribution in [0.3, 0.4) is 0 Å². The Morgan fingerprint density at radius 2 is 1.68 bits per heavy atom. The fourth-order valence-corrected chi connectivity index (χ4v) is 4.44. The van der Waals surface area contributed by atoms with Crippen LogP contribution in [0.15, 0.2) is 78.9 Å². The van der Waals surface area contributed by atoms with Crippen LogP contribution >= 0.6 is 23.2 Å². The van der Waals surface area contributed by atoms with Crippen molar-refractivity contribution in [2.75, 3.05) is 10.2 Å². The number of Topliss-reactive ketones (excluding diaryl/α,β-unsaturated/α-hetero) is 2. The van der Waals surface area contributed by atoms with Gasteiger partial charge in [0.15, 0.2) is 5.78 Å². The fraction of sp³-hybridized carbons (Fsp3) is 0.0741. The van der Waals surface area contributed by atoms with Gasteiger partial charge in [0, 0.05) is 34.1 Å². The Labute approximate surface area is 225 Å². The molecular weight excluding hydrogens is 538 g/mol. The average Bonchev–Trinajstić information content (AvgIpc) is 3.14. The van der Waals surface area contributed by atoms with Crippen molar-refractivity contribution in [3.05, 3.63) is 106 Å². The summed E-state index contributed by atoms with van der Waals surface area (Å²) in [4.78, 5) is 63.8. The highest BCUT2D eigenvalue weighted by Gasteiger charge is 2.52. The molecule has 0 radical (unpaired) electrons. The number of halogens is 3. The molecule has 3 aromatic carbocycles. The SMILES string of the molecule is O=C(O)/C=C/C(=O)Nc1cccc(C(=O)C2C(=O)C(=O)N(c3cccc(Cl)c3)C2c2ccc(Cl)c(F)c2)c1. The largest absolute Gasteiger partial charge is 0.478 e. The van der Waals surface area contributed by atoms with Gasteiger partial charge in [-0.05, 0) is 48.0 Å². The number of nitrogens with one attached hydrogen (secondary N) is 1. The van der Waals surface area contributed by atoms with Crippen molar-refractivity contribution >= 4 is 63.9 Å². The lowest BCUT2D eigenvalue weighted by atomic mass is 9.86. The van der Waals surface area contributed by atoms with Gasteiger partial charge in [-0.25, -0.2) is 9.18 Å². The van der Waals surface area contributed by atoms with E-state index in [2.05, 4.69) is 5.32 Å². The van der Waals surface area contributed by atoms with Crippen LogP contribution in [0, 0.1) is 11.7 Å². The molecule has 0 aromatic heterocycles. The molecule has 0 aliphatic carbocycles. The van der Waals surface area contributed by atoms with E-state index < -0.39 is 47.1 Å². The molecule has 0 bridgehead atoms. The number of aliphatic carboxylic acids is 1. The number of carboxylic acids is 1. The molecule has 2 atom stereocenters. The third-order valence-corrected chi connectivity index (χ3v) is 6.29. The molecule has 38 heavy (non-hydrogen) atoms. The van der Waals surface area contributed by atoms with Gasteiger partial charge in [-0.1, -0.05) is 47.5 Å². The molecule has 1 aliphatic heterocycles. The van der Waals surface area contributed by atoms with Crippen LogP contribution in [-0.2, 0) is 19.2 Å². The minimum Gasteiger partial charge on any atom is -0.478 e. The van der Waals surface area contributed by atoms with Gasteiger partial charge >= 0.3 is 5.97 Å². The van der Waals surface area contributed by atoms with E-state index in [1.54, 1.807) is 12.1 Å². The monoisotopic (exact) mass is 554 g/mol. The number of nitrogens with zero attached hydrogens (tertiary/aromatic N) is 1. The van der Waals surface area contributed by atoms with Crippen LogP contribution in [0.2, 0.25) is 10.0 Å². The highest BCUT2D eigenvalue weighted by atomic mass is 35.5. The summed E-state index contributed by atoms with van der Waals surface area (Å²) in [6.07, 6.45) is 1.44. The molecule has 1 heterocycles. The number of benzene rings is 3. The third kappa shape index (κ3) is 5.49. The van der Waals surface area contributed by atoms with E-state index in [0.717, 1.165) is 17.0 Å². The van der Waals surface area contributed by atoms with E-state index in [4.69, 9.17) is 28.3 Å². The van der Waals surface area contributed by atoms with E-state index in [9.17, 15) is 28.4 Å². The molecule has 1 saturated heterocycles. The van der Waals surface area contributed by atoms with Crippen LogP contribution in [0.4, 0.5) is 15.8 Å². The van der Waals surface area contributed by atoms with Crippen molar-refractivity contribution in [2.45, 2.75) is 6.04 Å². The maximum atomic E-state index is 14.5. The van der Waals surface area contributed by atoms with E-state index in [-0.39, 0.29) is 32.5 Å². The van der Waals surface area contributed by atoms with Crippen LogP contribution in [-0.4, -0.2) is 34.5 Å². The molecule has 1 aliphatic rings. The number of carbonyl (C=O) groups is 5. The molecular formula is C27H17Cl2FN2O6. The number of anilines is 2. The van der Waals surface area contributed by atoms with Gasteiger partial charge in [-0.3, -0.25) is 24.1 Å². The molecule has 2 unspecified atom stereocenters. The highest BCUT2D eigenvalue weighted by Crippen LogP contribution is 2.42. The summed E-state index contributed by atoms with van der Waals surface area (Å²) in [5, 5.41) is 11.2. The summed E-state index contributed by atoms with van der Waals surface area (Å²) in [6.45, 7) is 0. The zero-order chi connectivity index (χ0) is 27.6. The topological polar surface area (TPSA) is 121 Å². The molecule has 3 aromatic rings. The first-order valence-corrected chi connectivity index (χ1v) is 11.8. The lowest BCUT2D eigenvalue weighted by molar-refractivity contribution is -0.135. The Hall–Kier alpha value is -4.34. The Morgan fingerprint density at radius 3 is 2.37 bits per heavy atom. The van der Waals surface area contributed by atoms with Crippen molar-refractivity contribution < 1.29 is 33.5 Å². The van der Waals surface area contributed by atoms with Gasteiger partial charge in [-0.15, -0.1) is 0 Å². The van der Waals surface area contributed by atoms with E-state index in [1.165, 1.54) is 48.5 Å². The normalized spacial score (nSPS) is 17.2. The minimum atomic E-state index is -1.56. The average molecular weight is 555 g/mol. The Kier molecular flexibility index (Phi) is 7.70. The summed E-state index contributed by atoms with van der Waals surface area (Å²) in [5.74, 6) is -7.16. The molecule has 8 nitrogen and oxygen atoms in total. The molecule has 0 saturated carbocycles. The number of rotatable bonds is 7. The molecule has 192 valence electrons. The highest BCUT2D eigenvalue weighted by molar-refractivity contribution is 6.49. The molecule has 1 fully saturated rings. The molecule has 4 rings (SSSR count). The number of hydrogen-bond donors (Lipinski definition) is 2. The Morgan fingerprint density at radius 1 is 0.947 bits per heavy atom. The van der Waals surface area contributed by atoms with Crippen molar-refractivity contribution in [2.24, 2.45) is 5.92 Å². The van der Waals surface area contributed by atoms with Gasteiger partial charge in [0.05, 0.1) is 11.1 Å². The standard InChI is InChI=1S/C27H17Cl2FN2O6/c28-16-4-2-6-18(13-16)32-24(14-7-8-19(29)20(30)12-14)23(26(37)27(32)38)25(36)15-3-1-5-17(11-15)31-21(33)9-10-22(34)35/h1-13,23-24H,(H,31,33)(H,34,35)/b10-9+. The molecule has 11 heteroatoms. The second kappa shape index (κ2) is 11.0. The smallest absolute Gasteiger partial charge is 0.328 e. The number of ketones is 2. The Bertz CT molecular complexity index is 1520. The fourth-order valence-electron chi connectivity index (χ4n) is 4.14. The van der Waals surface area contributed by atoms with Crippen molar-refractivity contribution in [3.63, 3.8) is 0 Å². The molecule has 2 N–H and O–H groups in total. The first kappa shape index (κ1) is 26.7. The first-order chi connectivity index (χ1) is 18.1. The number of carboxylic acid groups (broad SMARTS) is 1. The third-order valence-electron chi connectivity index (χ3n) is 5.75. The minimum absolute atomic E-state index is 0.0106. The second-order valence-corrected chi connectivity index (χ2v) is 9.06. The quantitative estimate of drug-likeness (QED) is 0.186. The number of amides is 2. The Balaban J connectivity index is 1.76.